The number of benzene rings is 1. The molecular weight excluding hydrogens is 264 g/mol. The largest absolute Gasteiger partial charge is 0.491 e. The van der Waals surface area contributed by atoms with Gasteiger partial charge in [0.05, 0.1) is 31.5 Å². The molecule has 0 bridgehead atoms. The summed E-state index contributed by atoms with van der Waals surface area (Å²) < 4.78 is 10.1. The van der Waals surface area contributed by atoms with Gasteiger partial charge in [-0.05, 0) is 18.2 Å². The molecule has 1 aromatic carbocycles. The molecule has 20 heavy (non-hydrogen) atoms. The molecule has 0 heterocycles. The lowest BCUT2D eigenvalue weighted by Crippen LogP contribution is -2.22. The van der Waals surface area contributed by atoms with Gasteiger partial charge in [-0.3, -0.25) is 4.79 Å². The van der Waals surface area contributed by atoms with Crippen molar-refractivity contribution >= 4 is 17.6 Å². The highest BCUT2D eigenvalue weighted by Crippen LogP contribution is 2.26. The maximum Gasteiger partial charge on any atom is 0.337 e. The lowest BCUT2D eigenvalue weighted by atomic mass is 10.2. The summed E-state index contributed by atoms with van der Waals surface area (Å²) in [6.07, 6.45) is 0.437. The second-order valence-electron chi connectivity index (χ2n) is 3.88. The van der Waals surface area contributed by atoms with E-state index in [2.05, 4.69) is 10.1 Å². The van der Waals surface area contributed by atoms with Gasteiger partial charge in [-0.2, -0.15) is 0 Å². The molecule has 0 saturated heterocycles. The third-order valence-corrected chi connectivity index (χ3v) is 2.42. The molecule has 0 radical (unpaired) electrons. The first-order valence-electron chi connectivity index (χ1n) is 6.08. The minimum atomic E-state index is -0.506. The Morgan fingerprint density at radius 1 is 1.40 bits per heavy atom. The molecule has 0 aromatic heterocycles. The van der Waals surface area contributed by atoms with E-state index in [1.807, 2.05) is 0 Å². The molecule has 0 spiro atoms. The Labute approximate surface area is 116 Å². The van der Waals surface area contributed by atoms with Crippen LogP contribution in [0.25, 0.3) is 0 Å². The van der Waals surface area contributed by atoms with E-state index in [1.54, 1.807) is 0 Å². The molecule has 0 unspecified atom stereocenters. The van der Waals surface area contributed by atoms with E-state index in [0.717, 1.165) is 0 Å². The van der Waals surface area contributed by atoms with Gasteiger partial charge in [-0.1, -0.05) is 0 Å². The number of esters is 1. The smallest absolute Gasteiger partial charge is 0.337 e. The summed E-state index contributed by atoms with van der Waals surface area (Å²) in [6, 6.07) is 4.51. The summed E-state index contributed by atoms with van der Waals surface area (Å²) in [6.45, 7) is 0.0860. The minimum Gasteiger partial charge on any atom is -0.491 e. The van der Waals surface area contributed by atoms with Crippen molar-refractivity contribution < 1.29 is 24.2 Å². The predicted molar refractivity (Wildman–Crippen MR) is 72.7 cm³/mol. The summed E-state index contributed by atoms with van der Waals surface area (Å²) >= 11 is 0. The number of nitrogens with one attached hydrogen (secondary N) is 1. The lowest BCUT2D eigenvalue weighted by molar-refractivity contribution is -0.114. The minimum absolute atomic E-state index is 0.0127. The van der Waals surface area contributed by atoms with Crippen LogP contribution < -0.4 is 15.8 Å². The number of methoxy groups -OCH3 is 1. The first kappa shape index (κ1) is 15.9. The van der Waals surface area contributed by atoms with E-state index < -0.39 is 5.97 Å². The van der Waals surface area contributed by atoms with Crippen molar-refractivity contribution in [1.82, 2.24) is 0 Å². The van der Waals surface area contributed by atoms with Crippen LogP contribution >= 0.6 is 0 Å². The lowest BCUT2D eigenvalue weighted by Gasteiger charge is -2.13. The highest BCUT2D eigenvalue weighted by molar-refractivity contribution is 5.95. The maximum absolute atomic E-state index is 11.5. The molecule has 7 heteroatoms. The van der Waals surface area contributed by atoms with Gasteiger partial charge in [0.25, 0.3) is 0 Å². The number of hydrogen-bond donors (Lipinski definition) is 3. The highest BCUT2D eigenvalue weighted by atomic mass is 16.5. The number of hydrogen-bond acceptors (Lipinski definition) is 6. The zero-order chi connectivity index (χ0) is 15.0. The van der Waals surface area contributed by atoms with Crippen LogP contribution in [0.3, 0.4) is 0 Å². The van der Waals surface area contributed by atoms with Crippen LogP contribution in [-0.4, -0.2) is 43.9 Å². The monoisotopic (exact) mass is 282 g/mol. The molecule has 0 aliphatic carbocycles. The fourth-order valence-corrected chi connectivity index (χ4v) is 1.44. The molecule has 0 aliphatic heterocycles. The van der Waals surface area contributed by atoms with Crippen molar-refractivity contribution in [1.29, 1.82) is 0 Å². The summed E-state index contributed by atoms with van der Waals surface area (Å²) in [5.74, 6) is -0.556. The number of amides is 1. The number of ether oxygens (including phenoxy) is 2. The SMILES string of the molecule is COC(=O)c1ccc(NC(=O)CN)c(OCCCO)c1. The number of aliphatic hydroxyl groups is 1. The topological polar surface area (TPSA) is 111 Å². The molecule has 0 saturated carbocycles. The van der Waals surface area contributed by atoms with Crippen molar-refractivity contribution in [3.05, 3.63) is 23.8 Å². The Hall–Kier alpha value is -2.12. The van der Waals surface area contributed by atoms with Gasteiger partial charge in [0.1, 0.15) is 5.75 Å². The molecule has 0 fully saturated rings. The molecule has 1 aromatic rings. The first-order valence-corrected chi connectivity index (χ1v) is 6.08. The zero-order valence-electron chi connectivity index (χ0n) is 11.2. The van der Waals surface area contributed by atoms with Gasteiger partial charge in [0.15, 0.2) is 0 Å². The van der Waals surface area contributed by atoms with E-state index in [1.165, 1.54) is 25.3 Å². The molecular formula is C13H18N2O5. The number of aliphatic hydroxyl groups excluding tert-OH is 1. The molecule has 1 amide bonds. The molecule has 4 N–H and O–H groups in total. The number of rotatable bonds is 7. The Bertz CT molecular complexity index is 476. The molecule has 110 valence electrons. The predicted octanol–water partition coefficient (Wildman–Crippen LogP) is 0.132. The van der Waals surface area contributed by atoms with Crippen LogP contribution in [0.15, 0.2) is 18.2 Å². The van der Waals surface area contributed by atoms with E-state index >= 15 is 0 Å². The van der Waals surface area contributed by atoms with Crippen molar-refractivity contribution in [3.63, 3.8) is 0 Å². The van der Waals surface area contributed by atoms with Gasteiger partial charge in [-0.25, -0.2) is 4.79 Å². The van der Waals surface area contributed by atoms with Crippen molar-refractivity contribution in [2.24, 2.45) is 5.73 Å². The van der Waals surface area contributed by atoms with Gasteiger partial charge in [-0.15, -0.1) is 0 Å². The quantitative estimate of drug-likeness (QED) is 0.484. The van der Waals surface area contributed by atoms with Crippen LogP contribution in [0, 0.1) is 0 Å². The van der Waals surface area contributed by atoms with Gasteiger partial charge >= 0.3 is 5.97 Å². The molecule has 0 aliphatic rings. The Kier molecular flexibility index (Phi) is 6.48. The third kappa shape index (κ3) is 4.52. The normalized spacial score (nSPS) is 9.95. The summed E-state index contributed by atoms with van der Waals surface area (Å²) in [7, 11) is 1.28. The zero-order valence-corrected chi connectivity index (χ0v) is 11.2. The van der Waals surface area contributed by atoms with Crippen LogP contribution in [-0.2, 0) is 9.53 Å². The average Bonchev–Trinajstić information content (AvgIpc) is 2.47. The number of carbonyl (C=O) groups is 2. The second-order valence-corrected chi connectivity index (χ2v) is 3.88. The summed E-state index contributed by atoms with van der Waals surface area (Å²) in [5, 5.41) is 11.3. The van der Waals surface area contributed by atoms with E-state index in [4.69, 9.17) is 15.6 Å². The summed E-state index contributed by atoms with van der Waals surface area (Å²) in [4.78, 5) is 22.8. The van der Waals surface area contributed by atoms with Gasteiger partial charge in [0.2, 0.25) is 5.91 Å². The number of anilines is 1. The van der Waals surface area contributed by atoms with Gasteiger partial charge in [0, 0.05) is 13.0 Å². The van der Waals surface area contributed by atoms with Crippen LogP contribution in [0.5, 0.6) is 5.75 Å². The molecule has 0 atom stereocenters. The fraction of sp³-hybridized carbons (Fsp3) is 0.385. The van der Waals surface area contributed by atoms with E-state index in [-0.39, 0.29) is 25.7 Å². The third-order valence-electron chi connectivity index (χ3n) is 2.42. The van der Waals surface area contributed by atoms with Crippen LogP contribution in [0.2, 0.25) is 0 Å². The Balaban J connectivity index is 2.96. The number of nitrogens with two attached hydrogens (primary N) is 1. The van der Waals surface area contributed by atoms with E-state index in [0.29, 0.717) is 23.4 Å². The molecule has 1 rings (SSSR count). The number of carbonyl (C=O) groups excluding carboxylic acids is 2. The van der Waals surface area contributed by atoms with Crippen molar-refractivity contribution in [2.75, 3.05) is 32.2 Å². The second kappa shape index (κ2) is 8.13. The first-order chi connectivity index (χ1) is 9.62. The van der Waals surface area contributed by atoms with Crippen LogP contribution in [0.1, 0.15) is 16.8 Å². The van der Waals surface area contributed by atoms with Crippen molar-refractivity contribution in [2.45, 2.75) is 6.42 Å². The highest BCUT2D eigenvalue weighted by Gasteiger charge is 2.12. The van der Waals surface area contributed by atoms with Crippen molar-refractivity contribution in [3.8, 4) is 5.75 Å². The van der Waals surface area contributed by atoms with E-state index in [9.17, 15) is 9.59 Å². The standard InChI is InChI=1S/C13H18N2O5/c1-19-13(18)9-3-4-10(15-12(17)8-14)11(7-9)20-6-2-5-16/h3-4,7,16H,2,5-6,8,14H2,1H3,(H,15,17). The fourth-order valence-electron chi connectivity index (χ4n) is 1.44. The Morgan fingerprint density at radius 3 is 2.75 bits per heavy atom. The van der Waals surface area contributed by atoms with Crippen LogP contribution in [0.4, 0.5) is 5.69 Å². The maximum atomic E-state index is 11.5. The summed E-state index contributed by atoms with van der Waals surface area (Å²) in [5.41, 5.74) is 5.94. The molecule has 7 nitrogen and oxygen atoms in total. The van der Waals surface area contributed by atoms with Gasteiger partial charge < -0.3 is 25.6 Å². The average molecular weight is 282 g/mol. The Morgan fingerprint density at radius 2 is 2.15 bits per heavy atom.